The van der Waals surface area contributed by atoms with Crippen LogP contribution < -0.4 is 10.9 Å². The van der Waals surface area contributed by atoms with Crippen molar-refractivity contribution in [2.75, 3.05) is 0 Å². The Morgan fingerprint density at radius 3 is 1.40 bits per heavy atom. The lowest BCUT2D eigenvalue weighted by molar-refractivity contribution is -0.126. The average molecular weight is 488 g/mol. The largest absolute Gasteiger partial charge is 0.273 e. The molecule has 0 bridgehead atoms. The number of rotatable bonds is 7. The van der Waals surface area contributed by atoms with Gasteiger partial charge in [0.25, 0.3) is 0 Å². The lowest BCUT2D eigenvalue weighted by Gasteiger charge is -2.05. The highest BCUT2D eigenvalue weighted by Crippen LogP contribution is 2.23. The third-order valence-corrected chi connectivity index (χ3v) is 5.43. The topological polar surface area (TPSA) is 82.9 Å². The molecule has 0 unspecified atom stereocenters. The molecule has 2 amide bonds. The molecule has 0 fully saturated rings. The molecule has 6 nitrogen and oxygen atoms in total. The first kappa shape index (κ1) is 24.2. The minimum Gasteiger partial charge on any atom is -0.273 e. The summed E-state index contributed by atoms with van der Waals surface area (Å²) >= 11 is 23.7. The molecule has 0 aliphatic heterocycles. The maximum Gasteiger partial charge on any atom is 0.240 e. The van der Waals surface area contributed by atoms with Crippen molar-refractivity contribution in [2.24, 2.45) is 10.2 Å². The van der Waals surface area contributed by atoms with Crippen molar-refractivity contribution in [3.05, 3.63) is 67.6 Å². The number of nitrogens with zero attached hydrogens (tertiary/aromatic N) is 2. The smallest absolute Gasteiger partial charge is 0.240 e. The Kier molecular flexibility index (Phi) is 9.11. The van der Waals surface area contributed by atoms with E-state index in [4.69, 9.17) is 46.4 Å². The molecule has 2 N–H and O–H groups in total. The molecule has 0 aliphatic carbocycles. The molecule has 30 heavy (non-hydrogen) atoms. The monoisotopic (exact) mass is 486 g/mol. The minimum atomic E-state index is -0.408. The maximum absolute atomic E-state index is 11.9. The molecule has 0 aliphatic rings. The molecule has 2 aromatic rings. The van der Waals surface area contributed by atoms with Crippen LogP contribution in [-0.4, -0.2) is 23.2 Å². The van der Waals surface area contributed by atoms with Crippen LogP contribution in [-0.2, 0) is 9.59 Å². The van der Waals surface area contributed by atoms with Crippen LogP contribution in [0.25, 0.3) is 0 Å². The molecule has 0 saturated heterocycles. The van der Waals surface area contributed by atoms with Gasteiger partial charge in [0.1, 0.15) is 0 Å². The second-order valence-corrected chi connectivity index (χ2v) is 7.85. The van der Waals surface area contributed by atoms with Gasteiger partial charge in [-0.1, -0.05) is 58.5 Å². The molecule has 0 atom stereocenters. The Labute approximate surface area is 194 Å². The molecule has 0 aromatic heterocycles. The van der Waals surface area contributed by atoms with Crippen LogP contribution in [0.5, 0.6) is 0 Å². The summed E-state index contributed by atoms with van der Waals surface area (Å²) in [6, 6.07) is 10.1. The van der Waals surface area contributed by atoms with Crippen molar-refractivity contribution in [1.82, 2.24) is 10.9 Å². The summed E-state index contributed by atoms with van der Waals surface area (Å²) in [5.74, 6) is -0.815. The van der Waals surface area contributed by atoms with E-state index in [2.05, 4.69) is 21.1 Å². The van der Waals surface area contributed by atoms with Gasteiger partial charge in [-0.2, -0.15) is 10.2 Å². The standard InChI is InChI=1S/C20H18Cl4N4O2/c1-11(13-3-5-15(21)17(23)9-13)25-27-19(29)7-8-20(30)28-26-12(2)14-4-6-16(22)18(24)10-14/h3-6,9-10H,7-8H2,1-2H3,(H,27,29)(H,28,30). The lowest BCUT2D eigenvalue weighted by Crippen LogP contribution is -2.24. The number of hydrogen-bond donors (Lipinski definition) is 2. The second-order valence-electron chi connectivity index (χ2n) is 6.22. The van der Waals surface area contributed by atoms with E-state index in [1.165, 1.54) is 0 Å². The zero-order valence-corrected chi connectivity index (χ0v) is 19.1. The molecule has 2 aromatic carbocycles. The highest BCUT2D eigenvalue weighted by molar-refractivity contribution is 6.42. The van der Waals surface area contributed by atoms with Gasteiger partial charge in [-0.3, -0.25) is 9.59 Å². The molecule has 2 rings (SSSR count). The van der Waals surface area contributed by atoms with E-state index >= 15 is 0 Å². The first-order valence-electron chi connectivity index (χ1n) is 8.74. The summed E-state index contributed by atoms with van der Waals surface area (Å²) in [5.41, 5.74) is 7.34. The third kappa shape index (κ3) is 7.29. The Hall–Kier alpha value is -2.12. The number of carbonyl (C=O) groups is 2. The molecule has 158 valence electrons. The number of amides is 2. The molecular weight excluding hydrogens is 470 g/mol. The van der Waals surface area contributed by atoms with E-state index < -0.39 is 11.8 Å². The fraction of sp³-hybridized carbons (Fsp3) is 0.200. The fourth-order valence-corrected chi connectivity index (χ4v) is 2.80. The number of nitrogens with one attached hydrogen (secondary N) is 2. The van der Waals surface area contributed by atoms with Gasteiger partial charge in [0.15, 0.2) is 0 Å². The van der Waals surface area contributed by atoms with E-state index in [0.29, 0.717) is 31.5 Å². The van der Waals surface area contributed by atoms with Crippen molar-refractivity contribution in [2.45, 2.75) is 26.7 Å². The summed E-state index contributed by atoms with van der Waals surface area (Å²) < 4.78 is 0. The number of hydrazone groups is 2. The van der Waals surface area contributed by atoms with Gasteiger partial charge >= 0.3 is 0 Å². The van der Waals surface area contributed by atoms with E-state index in [1.807, 2.05) is 0 Å². The van der Waals surface area contributed by atoms with Crippen molar-refractivity contribution >= 4 is 69.6 Å². The number of carbonyl (C=O) groups excluding carboxylic acids is 2. The van der Waals surface area contributed by atoms with Gasteiger partial charge in [-0.15, -0.1) is 0 Å². The van der Waals surface area contributed by atoms with E-state index in [1.54, 1.807) is 50.2 Å². The molecule has 0 spiro atoms. The van der Waals surface area contributed by atoms with Gasteiger partial charge < -0.3 is 0 Å². The summed E-state index contributed by atoms with van der Waals surface area (Å²) in [5, 5.41) is 9.66. The predicted molar refractivity (Wildman–Crippen MR) is 123 cm³/mol. The van der Waals surface area contributed by atoms with Gasteiger partial charge in [-0.25, -0.2) is 10.9 Å². The minimum absolute atomic E-state index is 0.0503. The van der Waals surface area contributed by atoms with Crippen LogP contribution in [0.3, 0.4) is 0 Å². The lowest BCUT2D eigenvalue weighted by atomic mass is 10.1. The highest BCUT2D eigenvalue weighted by Gasteiger charge is 2.08. The number of hydrogen-bond acceptors (Lipinski definition) is 4. The number of halogens is 4. The third-order valence-electron chi connectivity index (χ3n) is 3.95. The first-order chi connectivity index (χ1) is 14.2. The molecule has 0 radical (unpaired) electrons. The molecular formula is C20H18Cl4N4O2. The summed E-state index contributed by atoms with van der Waals surface area (Å²) in [6.07, 6.45) is -0.101. The van der Waals surface area contributed by atoms with Gasteiger partial charge in [0.2, 0.25) is 11.8 Å². The Morgan fingerprint density at radius 2 is 1.07 bits per heavy atom. The van der Waals surface area contributed by atoms with Crippen molar-refractivity contribution in [3.8, 4) is 0 Å². The molecule has 0 heterocycles. The summed E-state index contributed by atoms with van der Waals surface area (Å²) in [7, 11) is 0. The van der Waals surface area contributed by atoms with Crippen LogP contribution in [0.1, 0.15) is 37.8 Å². The van der Waals surface area contributed by atoms with Crippen LogP contribution in [0, 0.1) is 0 Å². The Balaban J connectivity index is 1.82. The maximum atomic E-state index is 11.9. The average Bonchev–Trinajstić information content (AvgIpc) is 2.72. The van der Waals surface area contributed by atoms with Crippen LogP contribution >= 0.6 is 46.4 Å². The summed E-state index contributed by atoms with van der Waals surface area (Å²) in [4.78, 5) is 23.8. The van der Waals surface area contributed by atoms with Crippen LogP contribution in [0.15, 0.2) is 46.6 Å². The van der Waals surface area contributed by atoms with Gasteiger partial charge in [-0.05, 0) is 49.2 Å². The van der Waals surface area contributed by atoms with Crippen LogP contribution in [0.2, 0.25) is 20.1 Å². The normalized spacial score (nSPS) is 11.9. The quantitative estimate of drug-likeness (QED) is 0.401. The highest BCUT2D eigenvalue weighted by atomic mass is 35.5. The second kappa shape index (κ2) is 11.3. The fourth-order valence-electron chi connectivity index (χ4n) is 2.20. The van der Waals surface area contributed by atoms with E-state index in [9.17, 15) is 9.59 Å². The van der Waals surface area contributed by atoms with Gasteiger partial charge in [0, 0.05) is 12.8 Å². The Bertz CT molecular complexity index is 940. The SMILES string of the molecule is CC(=NNC(=O)CCC(=O)NN=C(C)c1ccc(Cl)c(Cl)c1)c1ccc(Cl)c(Cl)c1. The zero-order chi connectivity index (χ0) is 22.3. The van der Waals surface area contributed by atoms with Gasteiger partial charge in [0.05, 0.1) is 31.5 Å². The van der Waals surface area contributed by atoms with Crippen molar-refractivity contribution in [3.63, 3.8) is 0 Å². The van der Waals surface area contributed by atoms with Crippen molar-refractivity contribution in [1.29, 1.82) is 0 Å². The zero-order valence-electron chi connectivity index (χ0n) is 16.1. The molecule has 10 heteroatoms. The predicted octanol–water partition coefficient (Wildman–Crippen LogP) is 5.46. The first-order valence-corrected chi connectivity index (χ1v) is 10.3. The van der Waals surface area contributed by atoms with Crippen molar-refractivity contribution < 1.29 is 9.59 Å². The van der Waals surface area contributed by atoms with E-state index in [0.717, 1.165) is 11.1 Å². The summed E-state index contributed by atoms with van der Waals surface area (Å²) in [6.45, 7) is 3.43. The molecule has 0 saturated carbocycles. The Morgan fingerprint density at radius 1 is 0.700 bits per heavy atom. The van der Waals surface area contributed by atoms with Crippen LogP contribution in [0.4, 0.5) is 0 Å². The number of benzene rings is 2. The van der Waals surface area contributed by atoms with E-state index in [-0.39, 0.29) is 12.8 Å².